The van der Waals surface area contributed by atoms with Crippen molar-refractivity contribution in [1.29, 1.82) is 0 Å². The first-order valence-corrected chi connectivity index (χ1v) is 6.79. The summed E-state index contributed by atoms with van der Waals surface area (Å²) in [5.74, 6) is -0.681. The zero-order valence-electron chi connectivity index (χ0n) is 9.60. The molecular weight excluding hydrogens is 281 g/mol. The Morgan fingerprint density at radius 1 is 1.44 bits per heavy atom. The molecular formula is C10H15ClFN3O2S. The highest BCUT2D eigenvalue weighted by Crippen LogP contribution is 2.28. The van der Waals surface area contributed by atoms with Crippen molar-refractivity contribution in [2.75, 3.05) is 6.54 Å². The molecule has 0 atom stereocenters. The van der Waals surface area contributed by atoms with Gasteiger partial charge >= 0.3 is 0 Å². The van der Waals surface area contributed by atoms with Crippen LogP contribution in [0.3, 0.4) is 0 Å². The molecule has 2 rings (SSSR count). The van der Waals surface area contributed by atoms with Gasteiger partial charge in [-0.1, -0.05) is 0 Å². The highest BCUT2D eigenvalue weighted by molar-refractivity contribution is 7.89. The van der Waals surface area contributed by atoms with E-state index in [0.717, 1.165) is 37.7 Å². The molecule has 3 N–H and O–H groups in total. The number of nitrogens with one attached hydrogen (secondary N) is 1. The van der Waals surface area contributed by atoms with Gasteiger partial charge in [-0.3, -0.25) is 4.98 Å². The second-order valence-corrected chi connectivity index (χ2v) is 6.15. The average molecular weight is 296 g/mol. The van der Waals surface area contributed by atoms with Crippen molar-refractivity contribution >= 4 is 22.4 Å². The second-order valence-electron chi connectivity index (χ2n) is 4.38. The number of sulfonamides is 1. The van der Waals surface area contributed by atoms with Crippen LogP contribution in [0.25, 0.3) is 0 Å². The van der Waals surface area contributed by atoms with E-state index >= 15 is 0 Å². The fourth-order valence-corrected chi connectivity index (χ4v) is 2.78. The van der Waals surface area contributed by atoms with Crippen molar-refractivity contribution in [3.63, 3.8) is 0 Å². The maximum absolute atomic E-state index is 12.9. The minimum absolute atomic E-state index is 0. The van der Waals surface area contributed by atoms with Crippen LogP contribution < -0.4 is 10.5 Å². The van der Waals surface area contributed by atoms with Gasteiger partial charge in [0.05, 0.1) is 6.20 Å². The largest absolute Gasteiger partial charge is 0.324 e. The topological polar surface area (TPSA) is 85.1 Å². The monoisotopic (exact) mass is 295 g/mol. The molecule has 8 heteroatoms. The van der Waals surface area contributed by atoms with Crippen LogP contribution in [0.2, 0.25) is 0 Å². The van der Waals surface area contributed by atoms with Crippen molar-refractivity contribution in [2.24, 2.45) is 5.73 Å². The van der Waals surface area contributed by atoms with Crippen LogP contribution >= 0.6 is 12.4 Å². The zero-order chi connectivity index (χ0) is 12.5. The number of nitrogens with two attached hydrogens (primary N) is 1. The molecule has 1 aliphatic rings. The minimum Gasteiger partial charge on any atom is -0.324 e. The predicted molar refractivity (Wildman–Crippen MR) is 67.4 cm³/mol. The highest BCUT2D eigenvalue weighted by Gasteiger charge is 2.33. The van der Waals surface area contributed by atoms with E-state index in [2.05, 4.69) is 9.71 Å². The first kappa shape index (κ1) is 15.3. The Morgan fingerprint density at radius 2 is 2.11 bits per heavy atom. The second kappa shape index (κ2) is 5.48. The van der Waals surface area contributed by atoms with Crippen LogP contribution in [-0.4, -0.2) is 25.5 Å². The van der Waals surface area contributed by atoms with Gasteiger partial charge in [0, 0.05) is 18.3 Å². The Hall–Kier alpha value is -0.760. The lowest BCUT2D eigenvalue weighted by Gasteiger charge is -2.37. The third kappa shape index (κ3) is 3.38. The van der Waals surface area contributed by atoms with Crippen molar-refractivity contribution < 1.29 is 12.8 Å². The zero-order valence-corrected chi connectivity index (χ0v) is 11.2. The van der Waals surface area contributed by atoms with Crippen molar-refractivity contribution in [1.82, 2.24) is 9.71 Å². The van der Waals surface area contributed by atoms with E-state index in [-0.39, 0.29) is 23.8 Å². The van der Waals surface area contributed by atoms with Gasteiger partial charge in [0.2, 0.25) is 10.0 Å². The Labute approximate surface area is 111 Å². The van der Waals surface area contributed by atoms with E-state index in [1.54, 1.807) is 0 Å². The smallest absolute Gasteiger partial charge is 0.242 e. The van der Waals surface area contributed by atoms with E-state index in [9.17, 15) is 12.8 Å². The van der Waals surface area contributed by atoms with Crippen molar-refractivity contribution in [3.8, 4) is 0 Å². The van der Waals surface area contributed by atoms with Crippen LogP contribution in [0.5, 0.6) is 0 Å². The van der Waals surface area contributed by atoms with Crippen LogP contribution in [0.15, 0.2) is 23.4 Å². The molecule has 5 nitrogen and oxygen atoms in total. The fraction of sp³-hybridized carbons (Fsp3) is 0.500. The maximum atomic E-state index is 12.9. The summed E-state index contributed by atoms with van der Waals surface area (Å²) < 4.78 is 38.9. The first-order valence-electron chi connectivity index (χ1n) is 5.30. The third-order valence-corrected chi connectivity index (χ3v) is 4.32. The summed E-state index contributed by atoms with van der Waals surface area (Å²) in [6.07, 6.45) is 4.68. The standard InChI is InChI=1S/C10H14FN3O2S.ClH/c11-8-4-9(6-13-5-8)17(15,16)14-7-10(12)2-1-3-10;/h4-6,14H,1-3,7,12H2;1H. The van der Waals surface area contributed by atoms with Gasteiger partial charge < -0.3 is 5.73 Å². The minimum atomic E-state index is -3.72. The van der Waals surface area contributed by atoms with Crippen LogP contribution in [0.4, 0.5) is 4.39 Å². The number of hydrogen-bond acceptors (Lipinski definition) is 4. The molecule has 1 aliphatic carbocycles. The first-order chi connectivity index (χ1) is 7.91. The van der Waals surface area contributed by atoms with Gasteiger partial charge in [-0.2, -0.15) is 0 Å². The van der Waals surface area contributed by atoms with E-state index in [4.69, 9.17) is 5.73 Å². The molecule has 0 spiro atoms. The van der Waals surface area contributed by atoms with Gasteiger partial charge in [-0.05, 0) is 25.3 Å². The predicted octanol–water partition coefficient (Wildman–Crippen LogP) is 0.802. The molecule has 1 aromatic rings. The number of pyridine rings is 1. The van der Waals surface area contributed by atoms with Gasteiger partial charge in [0.25, 0.3) is 0 Å². The van der Waals surface area contributed by atoms with E-state index in [1.807, 2.05) is 0 Å². The lowest BCUT2D eigenvalue weighted by Crippen LogP contribution is -2.54. The molecule has 0 saturated heterocycles. The van der Waals surface area contributed by atoms with E-state index < -0.39 is 21.4 Å². The molecule has 0 radical (unpaired) electrons. The highest BCUT2D eigenvalue weighted by atomic mass is 35.5. The quantitative estimate of drug-likeness (QED) is 0.860. The molecule has 1 aromatic heterocycles. The van der Waals surface area contributed by atoms with Gasteiger partial charge in [-0.15, -0.1) is 12.4 Å². The molecule has 0 unspecified atom stereocenters. The number of nitrogens with zero attached hydrogens (tertiary/aromatic N) is 1. The summed E-state index contributed by atoms with van der Waals surface area (Å²) in [5.41, 5.74) is 5.45. The summed E-state index contributed by atoms with van der Waals surface area (Å²) in [6.45, 7) is 0.172. The summed E-state index contributed by atoms with van der Waals surface area (Å²) in [4.78, 5) is 3.32. The van der Waals surface area contributed by atoms with Crippen LogP contribution in [-0.2, 0) is 10.0 Å². The molecule has 18 heavy (non-hydrogen) atoms. The van der Waals surface area contributed by atoms with E-state index in [1.165, 1.54) is 0 Å². The molecule has 0 bridgehead atoms. The molecule has 0 aromatic carbocycles. The number of hydrogen-bond donors (Lipinski definition) is 2. The Morgan fingerprint density at radius 3 is 2.61 bits per heavy atom. The molecule has 0 aliphatic heterocycles. The lowest BCUT2D eigenvalue weighted by atomic mass is 9.78. The molecule has 102 valence electrons. The van der Waals surface area contributed by atoms with Gasteiger partial charge in [0.15, 0.2) is 0 Å². The fourth-order valence-electron chi connectivity index (χ4n) is 1.67. The summed E-state index contributed by atoms with van der Waals surface area (Å²) in [5, 5.41) is 0. The Kier molecular flexibility index (Phi) is 4.66. The van der Waals surface area contributed by atoms with Crippen molar-refractivity contribution in [2.45, 2.75) is 29.7 Å². The average Bonchev–Trinajstić information content (AvgIpc) is 2.24. The van der Waals surface area contributed by atoms with Gasteiger partial charge in [0.1, 0.15) is 10.7 Å². The third-order valence-electron chi connectivity index (χ3n) is 2.95. The Balaban J connectivity index is 0.00000162. The Bertz CT molecular complexity index is 520. The summed E-state index contributed by atoms with van der Waals surface area (Å²) in [6, 6.07) is 0.930. The summed E-state index contributed by atoms with van der Waals surface area (Å²) in [7, 11) is -3.72. The number of halogens is 2. The van der Waals surface area contributed by atoms with Crippen molar-refractivity contribution in [3.05, 3.63) is 24.3 Å². The molecule has 1 heterocycles. The van der Waals surface area contributed by atoms with Gasteiger partial charge in [-0.25, -0.2) is 17.5 Å². The molecule has 0 amide bonds. The molecule has 1 fully saturated rings. The normalized spacial score (nSPS) is 17.7. The summed E-state index contributed by atoms with van der Waals surface area (Å²) >= 11 is 0. The lowest BCUT2D eigenvalue weighted by molar-refractivity contribution is 0.251. The molecule has 1 saturated carbocycles. The maximum Gasteiger partial charge on any atom is 0.242 e. The van der Waals surface area contributed by atoms with Crippen LogP contribution in [0.1, 0.15) is 19.3 Å². The SMILES string of the molecule is Cl.NC1(CNS(=O)(=O)c2cncc(F)c2)CCC1. The van der Waals surface area contributed by atoms with Crippen LogP contribution in [0, 0.1) is 5.82 Å². The number of rotatable bonds is 4. The van der Waals surface area contributed by atoms with E-state index in [0.29, 0.717) is 0 Å². The number of aromatic nitrogens is 1.